The van der Waals surface area contributed by atoms with Gasteiger partial charge < -0.3 is 0 Å². The molecule has 2 heterocycles. The summed E-state index contributed by atoms with van der Waals surface area (Å²) in [6.45, 7) is 1.98. The second kappa shape index (κ2) is 5.43. The summed E-state index contributed by atoms with van der Waals surface area (Å²) in [7, 11) is -3.79. The molecular weight excluding hydrogens is 342 g/mol. The summed E-state index contributed by atoms with van der Waals surface area (Å²) in [5.74, 6) is -0.415. The number of aryl methyl sites for hydroxylation is 1. The van der Waals surface area contributed by atoms with Crippen LogP contribution in [-0.2, 0) is 10.0 Å². The highest BCUT2D eigenvalue weighted by atomic mass is 32.2. The molecule has 1 aromatic carbocycles. The lowest BCUT2D eigenvalue weighted by Crippen LogP contribution is -2.12. The Labute approximate surface area is 134 Å². The summed E-state index contributed by atoms with van der Waals surface area (Å²) in [6, 6.07) is 7.09. The second-order valence-corrected chi connectivity index (χ2v) is 8.37. The molecule has 0 fully saturated rings. The first-order chi connectivity index (χ1) is 10.3. The molecule has 0 aliphatic carbocycles. The molecule has 3 aromatic rings. The zero-order valence-corrected chi connectivity index (χ0v) is 13.8. The van der Waals surface area contributed by atoms with Crippen molar-refractivity contribution in [2.45, 2.75) is 11.1 Å². The first-order valence-electron chi connectivity index (χ1n) is 6.13. The molecule has 22 heavy (non-hydrogen) atoms. The number of nitrogens with one attached hydrogen (secondary N) is 1. The minimum atomic E-state index is -3.79. The van der Waals surface area contributed by atoms with Crippen LogP contribution in [0.1, 0.15) is 15.9 Å². The van der Waals surface area contributed by atoms with Gasteiger partial charge in [0.05, 0.1) is 15.8 Å². The normalized spacial score (nSPS) is 11.7. The Kier molecular flexibility index (Phi) is 3.73. The van der Waals surface area contributed by atoms with Gasteiger partial charge in [-0.05, 0) is 30.7 Å². The highest BCUT2D eigenvalue weighted by Gasteiger charge is 2.16. The molecule has 0 spiro atoms. The van der Waals surface area contributed by atoms with Crippen molar-refractivity contribution in [2.24, 2.45) is 5.14 Å². The number of anilines is 1. The molecule has 1 amide bonds. The second-order valence-electron chi connectivity index (χ2n) is 4.64. The lowest BCUT2D eigenvalue weighted by Gasteiger charge is -1.97. The van der Waals surface area contributed by atoms with Crippen molar-refractivity contribution < 1.29 is 13.2 Å². The summed E-state index contributed by atoms with van der Waals surface area (Å²) >= 11 is 2.28. The van der Waals surface area contributed by atoms with Gasteiger partial charge in [0.15, 0.2) is 5.13 Å². The van der Waals surface area contributed by atoms with Gasteiger partial charge in [0.1, 0.15) is 4.21 Å². The van der Waals surface area contributed by atoms with Crippen molar-refractivity contribution in [3.63, 3.8) is 0 Å². The van der Waals surface area contributed by atoms with Gasteiger partial charge in [-0.1, -0.05) is 17.4 Å². The van der Waals surface area contributed by atoms with Gasteiger partial charge in [-0.15, -0.1) is 11.3 Å². The molecule has 0 saturated heterocycles. The predicted molar refractivity (Wildman–Crippen MR) is 88.0 cm³/mol. The number of nitrogens with zero attached hydrogens (tertiary/aromatic N) is 1. The molecule has 9 heteroatoms. The molecule has 114 valence electrons. The Hall–Kier alpha value is -1.81. The van der Waals surface area contributed by atoms with Gasteiger partial charge in [0.2, 0.25) is 10.0 Å². The molecule has 0 unspecified atom stereocenters. The van der Waals surface area contributed by atoms with Crippen molar-refractivity contribution in [3.8, 4) is 0 Å². The Morgan fingerprint density at radius 1 is 1.32 bits per heavy atom. The first-order valence-corrected chi connectivity index (χ1v) is 9.37. The van der Waals surface area contributed by atoms with E-state index in [2.05, 4.69) is 10.3 Å². The maximum Gasteiger partial charge on any atom is 0.258 e. The summed E-state index contributed by atoms with van der Waals surface area (Å²) in [4.78, 5) is 16.4. The molecule has 0 aliphatic rings. The zero-order chi connectivity index (χ0) is 15.9. The van der Waals surface area contributed by atoms with Crippen LogP contribution in [0.5, 0.6) is 0 Å². The molecule has 0 saturated carbocycles. The van der Waals surface area contributed by atoms with Crippen molar-refractivity contribution in [1.82, 2.24) is 4.98 Å². The number of sulfonamides is 1. The van der Waals surface area contributed by atoms with E-state index in [0.717, 1.165) is 27.1 Å². The third-order valence-electron chi connectivity index (χ3n) is 2.88. The number of thiazole rings is 1. The number of primary sulfonamides is 1. The number of benzene rings is 1. The fourth-order valence-corrected chi connectivity index (χ4v) is 4.38. The van der Waals surface area contributed by atoms with Crippen molar-refractivity contribution in [3.05, 3.63) is 40.8 Å². The smallest absolute Gasteiger partial charge is 0.258 e. The number of nitrogens with two attached hydrogens (primary N) is 1. The Bertz CT molecular complexity index is 973. The number of aromatic nitrogens is 1. The largest absolute Gasteiger partial charge is 0.298 e. The molecule has 3 rings (SSSR count). The summed E-state index contributed by atoms with van der Waals surface area (Å²) < 4.78 is 23.4. The Morgan fingerprint density at radius 2 is 2.09 bits per heavy atom. The van der Waals surface area contributed by atoms with Crippen LogP contribution < -0.4 is 10.5 Å². The molecule has 3 N–H and O–H groups in total. The van der Waals surface area contributed by atoms with E-state index in [0.29, 0.717) is 5.13 Å². The molecule has 2 aromatic heterocycles. The lowest BCUT2D eigenvalue weighted by molar-refractivity contribution is 0.102. The Morgan fingerprint density at radius 3 is 2.77 bits per heavy atom. The molecule has 0 radical (unpaired) electrons. The summed E-state index contributed by atoms with van der Waals surface area (Å²) in [5, 5.41) is 9.62. The molecule has 0 bridgehead atoms. The number of amides is 1. The van der Waals surface area contributed by atoms with Crippen LogP contribution in [-0.4, -0.2) is 19.3 Å². The average molecular weight is 353 g/mol. The predicted octanol–water partition coefficient (Wildman–Crippen LogP) is 2.57. The van der Waals surface area contributed by atoms with Gasteiger partial charge in [0, 0.05) is 5.38 Å². The van der Waals surface area contributed by atoms with Crippen LogP contribution in [0.4, 0.5) is 5.13 Å². The number of carbonyl (C=O) groups is 1. The maximum atomic E-state index is 12.1. The molecule has 0 atom stereocenters. The Balaban J connectivity index is 1.85. The average Bonchev–Trinajstić information content (AvgIpc) is 3.03. The lowest BCUT2D eigenvalue weighted by atomic mass is 10.2. The van der Waals surface area contributed by atoms with Crippen LogP contribution in [0.25, 0.3) is 10.2 Å². The number of fused-ring (bicyclic) bond motifs is 1. The van der Waals surface area contributed by atoms with E-state index in [4.69, 9.17) is 5.14 Å². The fourth-order valence-electron chi connectivity index (χ4n) is 1.84. The van der Waals surface area contributed by atoms with Crippen molar-refractivity contribution >= 4 is 54.0 Å². The van der Waals surface area contributed by atoms with E-state index in [9.17, 15) is 13.2 Å². The zero-order valence-electron chi connectivity index (χ0n) is 11.4. The summed E-state index contributed by atoms with van der Waals surface area (Å²) in [5.41, 5.74) is 2.16. The van der Waals surface area contributed by atoms with Crippen LogP contribution in [0.3, 0.4) is 0 Å². The van der Waals surface area contributed by atoms with Crippen LogP contribution in [0, 0.1) is 6.92 Å². The summed E-state index contributed by atoms with van der Waals surface area (Å²) in [6.07, 6.45) is 0. The van der Waals surface area contributed by atoms with Gasteiger partial charge in [0.25, 0.3) is 5.91 Å². The SMILES string of the molecule is Cc1ccc2nc(NC(=O)c3csc(S(N)(=O)=O)c3)sc2c1. The highest BCUT2D eigenvalue weighted by Crippen LogP contribution is 2.27. The van der Waals surface area contributed by atoms with E-state index < -0.39 is 15.9 Å². The van der Waals surface area contributed by atoms with Crippen LogP contribution in [0.15, 0.2) is 33.9 Å². The molecular formula is C13H11N3O3S3. The highest BCUT2D eigenvalue weighted by molar-refractivity contribution is 7.91. The quantitative estimate of drug-likeness (QED) is 0.755. The van der Waals surface area contributed by atoms with Crippen molar-refractivity contribution in [1.29, 1.82) is 0 Å². The van der Waals surface area contributed by atoms with Gasteiger partial charge in [-0.25, -0.2) is 18.5 Å². The molecule has 6 nitrogen and oxygen atoms in total. The van der Waals surface area contributed by atoms with E-state index in [1.54, 1.807) is 0 Å². The van der Waals surface area contributed by atoms with E-state index in [1.807, 2.05) is 25.1 Å². The van der Waals surface area contributed by atoms with E-state index >= 15 is 0 Å². The monoisotopic (exact) mass is 353 g/mol. The van der Waals surface area contributed by atoms with Gasteiger partial charge >= 0.3 is 0 Å². The number of thiophene rings is 1. The fraction of sp³-hybridized carbons (Fsp3) is 0.0769. The van der Waals surface area contributed by atoms with E-state index in [-0.39, 0.29) is 9.77 Å². The topological polar surface area (TPSA) is 102 Å². The number of carbonyl (C=O) groups excluding carboxylic acids is 1. The minimum absolute atomic E-state index is 0.0439. The standard InChI is InChI=1S/C13H11N3O3S3/c1-7-2-3-9-10(4-7)21-13(15-9)16-12(17)8-5-11(20-6-8)22(14,18)19/h2-6H,1H3,(H2,14,18,19)(H,15,16,17). The number of hydrogen-bond donors (Lipinski definition) is 2. The maximum absolute atomic E-state index is 12.1. The van der Waals surface area contributed by atoms with Gasteiger partial charge in [-0.2, -0.15) is 0 Å². The third kappa shape index (κ3) is 3.02. The van der Waals surface area contributed by atoms with Crippen molar-refractivity contribution in [2.75, 3.05) is 5.32 Å². The number of hydrogen-bond acceptors (Lipinski definition) is 6. The van der Waals surface area contributed by atoms with Gasteiger partial charge in [-0.3, -0.25) is 10.1 Å². The van der Waals surface area contributed by atoms with Crippen LogP contribution in [0.2, 0.25) is 0 Å². The van der Waals surface area contributed by atoms with Crippen LogP contribution >= 0.6 is 22.7 Å². The first kappa shape index (κ1) is 15.1. The number of rotatable bonds is 3. The minimum Gasteiger partial charge on any atom is -0.298 e. The third-order valence-corrected chi connectivity index (χ3v) is 6.20. The van der Waals surface area contributed by atoms with E-state index in [1.165, 1.54) is 22.8 Å². The molecule has 0 aliphatic heterocycles.